The van der Waals surface area contributed by atoms with Crippen LogP contribution in [0.1, 0.15) is 34.8 Å². The maximum atomic E-state index is 13.9. The van der Waals surface area contributed by atoms with Crippen molar-refractivity contribution in [2.45, 2.75) is 18.9 Å². The Kier molecular flexibility index (Phi) is 4.11. The number of halogens is 1. The van der Waals surface area contributed by atoms with Gasteiger partial charge in [-0.15, -0.1) is 0 Å². The van der Waals surface area contributed by atoms with Crippen molar-refractivity contribution in [3.05, 3.63) is 39.3 Å². The molecule has 0 amide bonds. The molecule has 134 valence electrons. The summed E-state index contributed by atoms with van der Waals surface area (Å²) in [6.07, 6.45) is 1.68. The molecule has 6 nitrogen and oxygen atoms in total. The van der Waals surface area contributed by atoms with Gasteiger partial charge in [-0.1, -0.05) is 0 Å². The number of thioether (sulfide) groups is 1. The van der Waals surface area contributed by atoms with Crippen LogP contribution in [-0.2, 0) is 0 Å². The van der Waals surface area contributed by atoms with Crippen LogP contribution in [0.5, 0.6) is 0 Å². The van der Waals surface area contributed by atoms with E-state index in [-0.39, 0.29) is 22.6 Å². The molecule has 1 aromatic heterocycles. The van der Waals surface area contributed by atoms with Crippen LogP contribution in [0.25, 0.3) is 10.9 Å². The van der Waals surface area contributed by atoms with Gasteiger partial charge in [-0.3, -0.25) is 4.79 Å². The second kappa shape index (κ2) is 6.32. The molecule has 1 aromatic carbocycles. The van der Waals surface area contributed by atoms with E-state index in [1.807, 2.05) is 11.0 Å². The molecule has 1 aliphatic heterocycles. The highest BCUT2D eigenvalue weighted by atomic mass is 32.2. The summed E-state index contributed by atoms with van der Waals surface area (Å²) in [7, 11) is 0. The van der Waals surface area contributed by atoms with Crippen molar-refractivity contribution < 1.29 is 14.3 Å². The minimum atomic E-state index is -1.32. The number of hydrogen-bond acceptors (Lipinski definition) is 5. The zero-order chi connectivity index (χ0) is 18.4. The van der Waals surface area contributed by atoms with Crippen molar-refractivity contribution in [2.75, 3.05) is 29.5 Å². The van der Waals surface area contributed by atoms with Crippen molar-refractivity contribution in [3.63, 3.8) is 0 Å². The number of carboxylic acid groups (broad SMARTS) is 1. The van der Waals surface area contributed by atoms with Gasteiger partial charge < -0.3 is 14.6 Å². The molecule has 1 saturated heterocycles. The lowest BCUT2D eigenvalue weighted by molar-refractivity contribution is 0.0695. The van der Waals surface area contributed by atoms with Crippen LogP contribution in [0.3, 0.4) is 0 Å². The molecule has 0 bridgehead atoms. The van der Waals surface area contributed by atoms with E-state index in [2.05, 4.69) is 0 Å². The van der Waals surface area contributed by atoms with Crippen LogP contribution in [0.2, 0.25) is 0 Å². The number of carbonyl (C=O) groups is 1. The lowest BCUT2D eigenvalue weighted by Crippen LogP contribution is -2.38. The molecule has 0 spiro atoms. The number of benzene rings is 1. The molecule has 26 heavy (non-hydrogen) atoms. The third-order valence-corrected chi connectivity index (χ3v) is 5.74. The van der Waals surface area contributed by atoms with Crippen LogP contribution in [0, 0.1) is 17.1 Å². The molecule has 1 saturated carbocycles. The van der Waals surface area contributed by atoms with E-state index in [4.69, 9.17) is 0 Å². The first-order chi connectivity index (χ1) is 12.5. The third kappa shape index (κ3) is 2.63. The number of rotatable bonds is 3. The van der Waals surface area contributed by atoms with E-state index in [0.717, 1.165) is 36.5 Å². The predicted molar refractivity (Wildman–Crippen MR) is 97.6 cm³/mol. The van der Waals surface area contributed by atoms with Crippen molar-refractivity contribution >= 4 is 34.5 Å². The average molecular weight is 373 g/mol. The number of nitrogens with zero attached hydrogens (tertiary/aromatic N) is 3. The highest BCUT2D eigenvalue weighted by Crippen LogP contribution is 2.42. The number of anilines is 1. The van der Waals surface area contributed by atoms with Gasteiger partial charge in [-0.2, -0.15) is 17.0 Å². The Morgan fingerprint density at radius 3 is 2.58 bits per heavy atom. The number of carboxylic acids is 1. The molecule has 2 aromatic rings. The third-order valence-electron chi connectivity index (χ3n) is 4.80. The zero-order valence-electron chi connectivity index (χ0n) is 13.9. The molecular weight excluding hydrogens is 357 g/mol. The summed E-state index contributed by atoms with van der Waals surface area (Å²) in [6, 6.07) is 4.15. The highest BCUT2D eigenvalue weighted by Gasteiger charge is 2.35. The lowest BCUT2D eigenvalue weighted by atomic mass is 10.0. The monoisotopic (exact) mass is 373 g/mol. The zero-order valence-corrected chi connectivity index (χ0v) is 14.7. The Bertz CT molecular complexity index is 1020. The van der Waals surface area contributed by atoms with Crippen LogP contribution < -0.4 is 10.3 Å². The number of aromatic carboxylic acids is 1. The summed E-state index contributed by atoms with van der Waals surface area (Å²) in [5.41, 5.74) is -0.646. The summed E-state index contributed by atoms with van der Waals surface area (Å²) in [5, 5.41) is 19.2. The Labute approximate surface area is 152 Å². The van der Waals surface area contributed by atoms with Gasteiger partial charge >= 0.3 is 5.97 Å². The Hall–Kier alpha value is -2.53. The van der Waals surface area contributed by atoms with E-state index in [9.17, 15) is 24.3 Å². The first-order valence-electron chi connectivity index (χ1n) is 8.40. The largest absolute Gasteiger partial charge is 0.477 e. The van der Waals surface area contributed by atoms with E-state index in [0.29, 0.717) is 24.4 Å². The smallest absolute Gasteiger partial charge is 0.343 e. The van der Waals surface area contributed by atoms with Crippen molar-refractivity contribution in [1.29, 1.82) is 5.26 Å². The van der Waals surface area contributed by atoms with Crippen molar-refractivity contribution in [1.82, 2.24) is 4.57 Å². The van der Waals surface area contributed by atoms with E-state index in [1.54, 1.807) is 16.3 Å². The summed E-state index contributed by atoms with van der Waals surface area (Å²) in [4.78, 5) is 26.8. The van der Waals surface area contributed by atoms with Crippen LogP contribution in [-0.4, -0.2) is 40.2 Å². The molecule has 0 atom stereocenters. The van der Waals surface area contributed by atoms with Gasteiger partial charge in [0.1, 0.15) is 23.3 Å². The first kappa shape index (κ1) is 16.9. The predicted octanol–water partition coefficient (Wildman–Crippen LogP) is 2.60. The summed E-state index contributed by atoms with van der Waals surface area (Å²) >= 11 is 1.78. The molecular formula is C18H16FN3O3S. The van der Waals surface area contributed by atoms with Gasteiger partial charge in [0.15, 0.2) is 0 Å². The fourth-order valence-electron chi connectivity index (χ4n) is 3.55. The van der Waals surface area contributed by atoms with Gasteiger partial charge in [-0.05, 0) is 25.0 Å². The molecule has 8 heteroatoms. The van der Waals surface area contributed by atoms with Crippen LogP contribution in [0.4, 0.5) is 10.2 Å². The summed E-state index contributed by atoms with van der Waals surface area (Å²) < 4.78 is 15.7. The fraction of sp³-hybridized carbons (Fsp3) is 0.389. The Morgan fingerprint density at radius 2 is 2.00 bits per heavy atom. The number of nitriles is 1. The molecule has 2 heterocycles. The van der Waals surface area contributed by atoms with E-state index < -0.39 is 17.2 Å². The second-order valence-corrected chi connectivity index (χ2v) is 7.72. The maximum absolute atomic E-state index is 13.9. The van der Waals surface area contributed by atoms with Crippen LogP contribution in [0.15, 0.2) is 16.9 Å². The standard InChI is InChI=1S/C18H16FN3O3S/c19-11-7-10(9-20)15-13(8-11)16(23)14(18(24)25)17(22(15)12-1-2-12)21-3-5-26-6-4-21/h7-8,12H,1-6H2,(H,24,25). The minimum Gasteiger partial charge on any atom is -0.477 e. The molecule has 1 aliphatic carbocycles. The van der Waals surface area contributed by atoms with Gasteiger partial charge in [0.2, 0.25) is 5.43 Å². The summed E-state index contributed by atoms with van der Waals surface area (Å²) in [6.45, 7) is 1.26. The van der Waals surface area contributed by atoms with Gasteiger partial charge in [0.25, 0.3) is 0 Å². The second-order valence-electron chi connectivity index (χ2n) is 6.49. The molecule has 0 unspecified atom stereocenters. The van der Waals surface area contributed by atoms with Gasteiger partial charge in [0, 0.05) is 30.6 Å². The maximum Gasteiger partial charge on any atom is 0.343 e. The van der Waals surface area contributed by atoms with Gasteiger partial charge in [-0.25, -0.2) is 9.18 Å². The number of aromatic nitrogens is 1. The average Bonchev–Trinajstić information content (AvgIpc) is 3.46. The fourth-order valence-corrected chi connectivity index (χ4v) is 4.45. The highest BCUT2D eigenvalue weighted by molar-refractivity contribution is 7.99. The number of pyridine rings is 1. The Morgan fingerprint density at radius 1 is 1.31 bits per heavy atom. The molecule has 2 aliphatic rings. The number of hydrogen-bond donors (Lipinski definition) is 1. The minimum absolute atomic E-state index is 0.0262. The molecule has 1 N–H and O–H groups in total. The lowest BCUT2D eigenvalue weighted by Gasteiger charge is -2.33. The van der Waals surface area contributed by atoms with Crippen molar-refractivity contribution in [3.8, 4) is 6.07 Å². The summed E-state index contributed by atoms with van der Waals surface area (Å²) in [5.74, 6) is 0.00441. The van der Waals surface area contributed by atoms with E-state index in [1.165, 1.54) is 0 Å². The topological polar surface area (TPSA) is 86.3 Å². The number of fused-ring (bicyclic) bond motifs is 1. The molecule has 0 radical (unpaired) electrons. The van der Waals surface area contributed by atoms with E-state index >= 15 is 0 Å². The van der Waals surface area contributed by atoms with Crippen LogP contribution >= 0.6 is 11.8 Å². The quantitative estimate of drug-likeness (QED) is 0.890. The van der Waals surface area contributed by atoms with Crippen molar-refractivity contribution in [2.24, 2.45) is 0 Å². The SMILES string of the molecule is N#Cc1cc(F)cc2c(=O)c(C(=O)O)c(N3CCSCC3)n(C3CC3)c12. The molecule has 4 rings (SSSR count). The molecule has 2 fully saturated rings. The normalized spacial score (nSPS) is 17.3. The Balaban J connectivity index is 2.17. The van der Waals surface area contributed by atoms with Gasteiger partial charge in [0.05, 0.1) is 16.5 Å². The first-order valence-corrected chi connectivity index (χ1v) is 9.56.